The first-order valence-corrected chi connectivity index (χ1v) is 9.28. The predicted molar refractivity (Wildman–Crippen MR) is 109 cm³/mol. The number of hydrogen-bond donors (Lipinski definition) is 2. The molecule has 5 aromatic rings. The van der Waals surface area contributed by atoms with Crippen LogP contribution in [-0.4, -0.2) is 29.9 Å². The Bertz CT molecular complexity index is 1320. The lowest BCUT2D eigenvalue weighted by Crippen LogP contribution is -2.12. The number of nitrogens with one attached hydrogen (secondary N) is 1. The van der Waals surface area contributed by atoms with Gasteiger partial charge in [0.05, 0.1) is 11.8 Å². The Labute approximate surface area is 170 Å². The molecule has 9 heteroatoms. The number of pyridine rings is 1. The number of H-pyrrole nitrogens is 1. The molecule has 4 aromatic heterocycles. The molecule has 4 heterocycles. The van der Waals surface area contributed by atoms with Crippen LogP contribution in [0.2, 0.25) is 5.02 Å². The van der Waals surface area contributed by atoms with Gasteiger partial charge in [-0.25, -0.2) is 4.98 Å². The van der Waals surface area contributed by atoms with Crippen LogP contribution in [0.4, 0.5) is 0 Å². The van der Waals surface area contributed by atoms with Crippen LogP contribution in [0.5, 0.6) is 0 Å². The average Bonchev–Trinajstić information content (AvgIpc) is 3.46. The summed E-state index contributed by atoms with van der Waals surface area (Å²) in [6.45, 7) is 0. The molecule has 0 amide bonds. The molecule has 0 bridgehead atoms. The van der Waals surface area contributed by atoms with Crippen molar-refractivity contribution >= 4 is 22.6 Å². The first-order valence-electron chi connectivity index (χ1n) is 8.90. The monoisotopic (exact) mass is 405 g/mol. The van der Waals surface area contributed by atoms with Crippen molar-refractivity contribution in [1.82, 2.24) is 29.9 Å². The minimum atomic E-state index is -0.612. The molecule has 0 unspecified atom stereocenters. The molecule has 144 valence electrons. The summed E-state index contributed by atoms with van der Waals surface area (Å²) >= 11 is 6.24. The fourth-order valence-electron chi connectivity index (χ4n) is 3.24. The maximum atomic E-state index is 6.29. The lowest BCUT2D eigenvalue weighted by atomic mass is 10.1. The van der Waals surface area contributed by atoms with Gasteiger partial charge in [-0.3, -0.25) is 4.68 Å². The van der Waals surface area contributed by atoms with Crippen LogP contribution in [0.3, 0.4) is 0 Å². The van der Waals surface area contributed by atoms with E-state index in [0.717, 1.165) is 33.3 Å². The van der Waals surface area contributed by atoms with Crippen LogP contribution in [-0.2, 0) is 7.05 Å². The van der Waals surface area contributed by atoms with E-state index >= 15 is 0 Å². The predicted octanol–water partition coefficient (Wildman–Crippen LogP) is 3.71. The Kier molecular flexibility index (Phi) is 4.15. The van der Waals surface area contributed by atoms with Crippen molar-refractivity contribution in [3.63, 3.8) is 0 Å². The Morgan fingerprint density at radius 3 is 2.83 bits per heavy atom. The molecule has 0 spiro atoms. The SMILES string of the molecule is Cn1cc(-c2cnc3[nH]cc(-c4nnc([C@H](N)c5ccccc5Cl)o4)c3c2)cn1. The van der Waals surface area contributed by atoms with Crippen LogP contribution in [0.25, 0.3) is 33.6 Å². The number of nitrogens with zero attached hydrogens (tertiary/aromatic N) is 5. The quantitative estimate of drug-likeness (QED) is 0.471. The molecule has 0 saturated heterocycles. The second kappa shape index (κ2) is 6.84. The summed E-state index contributed by atoms with van der Waals surface area (Å²) < 4.78 is 7.63. The summed E-state index contributed by atoms with van der Waals surface area (Å²) in [6.07, 6.45) is 7.32. The number of aryl methyl sites for hydroxylation is 1. The highest BCUT2D eigenvalue weighted by Crippen LogP contribution is 2.32. The van der Waals surface area contributed by atoms with Gasteiger partial charge in [0, 0.05) is 47.2 Å². The van der Waals surface area contributed by atoms with E-state index in [2.05, 4.69) is 25.3 Å². The van der Waals surface area contributed by atoms with Crippen molar-refractivity contribution < 1.29 is 4.42 Å². The van der Waals surface area contributed by atoms with Gasteiger partial charge in [-0.2, -0.15) is 5.10 Å². The fourth-order valence-corrected chi connectivity index (χ4v) is 3.49. The van der Waals surface area contributed by atoms with E-state index in [4.69, 9.17) is 21.8 Å². The topological polar surface area (TPSA) is 111 Å². The van der Waals surface area contributed by atoms with Gasteiger partial charge >= 0.3 is 0 Å². The van der Waals surface area contributed by atoms with Crippen LogP contribution in [0.1, 0.15) is 17.5 Å². The molecule has 5 rings (SSSR count). The first kappa shape index (κ1) is 17.6. The van der Waals surface area contributed by atoms with Gasteiger partial charge in [-0.15, -0.1) is 10.2 Å². The highest BCUT2D eigenvalue weighted by molar-refractivity contribution is 6.31. The minimum Gasteiger partial charge on any atom is -0.419 e. The van der Waals surface area contributed by atoms with Crippen LogP contribution >= 0.6 is 11.6 Å². The van der Waals surface area contributed by atoms with Crippen molar-refractivity contribution in [1.29, 1.82) is 0 Å². The zero-order valence-corrected chi connectivity index (χ0v) is 16.1. The first-order chi connectivity index (χ1) is 14.1. The van der Waals surface area contributed by atoms with E-state index < -0.39 is 6.04 Å². The molecule has 0 aliphatic carbocycles. The average molecular weight is 406 g/mol. The molecule has 0 aliphatic heterocycles. The molecule has 8 nitrogen and oxygen atoms in total. The molecule has 1 aromatic carbocycles. The highest BCUT2D eigenvalue weighted by atomic mass is 35.5. The lowest BCUT2D eigenvalue weighted by Gasteiger charge is -2.08. The molecule has 0 fully saturated rings. The number of benzene rings is 1. The fraction of sp³-hybridized carbons (Fsp3) is 0.100. The maximum absolute atomic E-state index is 6.29. The molecule has 3 N–H and O–H groups in total. The second-order valence-electron chi connectivity index (χ2n) is 6.67. The number of fused-ring (bicyclic) bond motifs is 1. The van der Waals surface area contributed by atoms with E-state index in [9.17, 15) is 0 Å². The zero-order chi connectivity index (χ0) is 20.0. The van der Waals surface area contributed by atoms with Crippen LogP contribution in [0.15, 0.2) is 59.5 Å². The molecule has 29 heavy (non-hydrogen) atoms. The van der Waals surface area contributed by atoms with Gasteiger partial charge in [0.25, 0.3) is 0 Å². The van der Waals surface area contributed by atoms with Gasteiger partial charge in [0.15, 0.2) is 0 Å². The zero-order valence-electron chi connectivity index (χ0n) is 15.4. The number of nitrogens with two attached hydrogens (primary N) is 1. The third-order valence-electron chi connectivity index (χ3n) is 4.75. The van der Waals surface area contributed by atoms with Gasteiger partial charge in [-0.05, 0) is 17.7 Å². The van der Waals surface area contributed by atoms with Crippen molar-refractivity contribution in [2.45, 2.75) is 6.04 Å². The summed E-state index contributed by atoms with van der Waals surface area (Å²) in [7, 11) is 1.87. The minimum absolute atomic E-state index is 0.291. The third kappa shape index (κ3) is 3.08. The molecule has 1 atom stereocenters. The van der Waals surface area contributed by atoms with E-state index in [1.807, 2.05) is 37.5 Å². The molecule has 0 saturated carbocycles. The normalized spacial score (nSPS) is 12.5. The number of aromatic nitrogens is 6. The molecular formula is C20H16ClN7O. The van der Waals surface area contributed by atoms with Crippen molar-refractivity contribution in [3.8, 4) is 22.6 Å². The molecule has 0 aliphatic rings. The van der Waals surface area contributed by atoms with Gasteiger partial charge in [0.1, 0.15) is 11.7 Å². The van der Waals surface area contributed by atoms with Gasteiger partial charge < -0.3 is 15.1 Å². The number of hydrogen-bond acceptors (Lipinski definition) is 6. The number of rotatable bonds is 4. The molecule has 0 radical (unpaired) electrons. The highest BCUT2D eigenvalue weighted by Gasteiger charge is 2.21. The van der Waals surface area contributed by atoms with Gasteiger partial charge in [-0.1, -0.05) is 29.8 Å². The second-order valence-corrected chi connectivity index (χ2v) is 7.08. The Morgan fingerprint density at radius 2 is 2.03 bits per heavy atom. The largest absolute Gasteiger partial charge is 0.419 e. The third-order valence-corrected chi connectivity index (χ3v) is 5.09. The summed E-state index contributed by atoms with van der Waals surface area (Å²) in [5, 5.41) is 14.0. The summed E-state index contributed by atoms with van der Waals surface area (Å²) in [5.41, 5.74) is 10.4. The van der Waals surface area contributed by atoms with E-state index in [1.165, 1.54) is 0 Å². The van der Waals surface area contributed by atoms with Crippen molar-refractivity contribution in [3.05, 3.63) is 71.6 Å². The summed E-state index contributed by atoms with van der Waals surface area (Å²) in [6, 6.07) is 8.73. The van der Waals surface area contributed by atoms with E-state index in [1.54, 1.807) is 29.3 Å². The summed E-state index contributed by atoms with van der Waals surface area (Å²) in [4.78, 5) is 7.63. The van der Waals surface area contributed by atoms with Crippen LogP contribution in [0, 0.1) is 0 Å². The smallest absolute Gasteiger partial charge is 0.250 e. The number of halogens is 1. The Hall–Kier alpha value is -3.49. The standard InChI is InChI=1S/C20H16ClN7O/c1-28-10-12(8-25-28)11-6-14-15(9-24-18(14)23-7-11)19-26-27-20(29-19)17(22)13-4-2-3-5-16(13)21/h2-10,17H,22H2,1H3,(H,23,24)/t17-/m1/s1. The van der Waals surface area contributed by atoms with E-state index in [-0.39, 0.29) is 0 Å². The van der Waals surface area contributed by atoms with Gasteiger partial charge in [0.2, 0.25) is 11.8 Å². The Morgan fingerprint density at radius 1 is 1.17 bits per heavy atom. The lowest BCUT2D eigenvalue weighted by molar-refractivity contribution is 0.484. The molecular weight excluding hydrogens is 390 g/mol. The van der Waals surface area contributed by atoms with Crippen molar-refractivity contribution in [2.24, 2.45) is 12.8 Å². The summed E-state index contributed by atoms with van der Waals surface area (Å²) in [5.74, 6) is 0.651. The Balaban J connectivity index is 1.54. The van der Waals surface area contributed by atoms with Crippen LogP contribution < -0.4 is 5.73 Å². The van der Waals surface area contributed by atoms with Crippen molar-refractivity contribution in [2.75, 3.05) is 0 Å². The van der Waals surface area contributed by atoms with E-state index in [0.29, 0.717) is 16.8 Å². The number of aromatic amines is 1. The maximum Gasteiger partial charge on any atom is 0.250 e.